The molecule has 1 heterocycles. The Bertz CT molecular complexity index is 610. The number of hydrogen-bond donors (Lipinski definition) is 1. The summed E-state index contributed by atoms with van der Waals surface area (Å²) in [6.45, 7) is 0.595. The average molecular weight is 302 g/mol. The van der Waals surface area contributed by atoms with E-state index in [1.165, 1.54) is 0 Å². The molecule has 1 aliphatic rings. The lowest BCUT2D eigenvalue weighted by atomic mass is 10.2. The molecule has 20 heavy (non-hydrogen) atoms. The first-order chi connectivity index (χ1) is 9.40. The molecule has 110 valence electrons. The summed E-state index contributed by atoms with van der Waals surface area (Å²) < 4.78 is 45.0. The number of ether oxygens (including phenoxy) is 1. The second-order valence-electron chi connectivity index (χ2n) is 4.42. The highest BCUT2D eigenvalue weighted by Crippen LogP contribution is 2.17. The third-order valence-electron chi connectivity index (χ3n) is 2.98. The van der Waals surface area contributed by atoms with Crippen molar-refractivity contribution in [3.05, 3.63) is 29.6 Å². The maximum absolute atomic E-state index is 13.6. The Hall–Kier alpha value is -1.51. The molecule has 0 spiro atoms. The summed E-state index contributed by atoms with van der Waals surface area (Å²) in [5, 5.41) is 10.7. The molecule has 6 nitrogen and oxygen atoms in total. The minimum absolute atomic E-state index is 0.0251. The molecule has 0 aliphatic carbocycles. The topological polar surface area (TPSA) is 95.5 Å². The van der Waals surface area contributed by atoms with Gasteiger partial charge in [-0.2, -0.15) is 0 Å². The molecule has 1 aromatic carbocycles. The number of halogens is 1. The lowest BCUT2D eigenvalue weighted by Crippen LogP contribution is -2.32. The number of benzene rings is 1. The van der Waals surface area contributed by atoms with Crippen molar-refractivity contribution >= 4 is 16.0 Å². The fourth-order valence-corrected chi connectivity index (χ4v) is 3.09. The lowest BCUT2D eigenvalue weighted by Gasteiger charge is -2.13. The Kier molecular flexibility index (Phi) is 4.36. The van der Waals surface area contributed by atoms with Gasteiger partial charge in [0, 0.05) is 13.2 Å². The van der Waals surface area contributed by atoms with E-state index in [9.17, 15) is 22.7 Å². The van der Waals surface area contributed by atoms with Crippen LogP contribution in [0.2, 0.25) is 0 Å². The van der Waals surface area contributed by atoms with Gasteiger partial charge < -0.3 is 14.6 Å². The average Bonchev–Trinajstić information content (AvgIpc) is 2.89. The van der Waals surface area contributed by atoms with Crippen LogP contribution in [-0.2, 0) is 14.8 Å². The van der Waals surface area contributed by atoms with Gasteiger partial charge >= 0.3 is 0 Å². The maximum Gasteiger partial charge on any atom is 0.243 e. The van der Waals surface area contributed by atoms with Crippen molar-refractivity contribution in [3.8, 4) is 0 Å². The molecular weight excluding hydrogens is 289 g/mol. The molecule has 1 aromatic rings. The minimum Gasteiger partial charge on any atom is -0.545 e. The predicted octanol–water partition coefficient (Wildman–Crippen LogP) is -0.353. The SMILES string of the molecule is O=C([O-])c1ccc(F)c(S(=O)(=O)NC[C@@H]2CCCO2)c1. The molecule has 2 rings (SSSR count). The number of carbonyl (C=O) groups is 1. The van der Waals surface area contributed by atoms with Crippen LogP contribution in [0.4, 0.5) is 4.39 Å². The first kappa shape index (κ1) is 14.9. The van der Waals surface area contributed by atoms with Crippen molar-refractivity contribution in [2.75, 3.05) is 13.2 Å². The normalized spacial score (nSPS) is 19.1. The van der Waals surface area contributed by atoms with Crippen LogP contribution >= 0.6 is 0 Å². The summed E-state index contributed by atoms with van der Waals surface area (Å²) in [5.41, 5.74) is -0.399. The predicted molar refractivity (Wildman–Crippen MR) is 64.9 cm³/mol. The van der Waals surface area contributed by atoms with Crippen LogP contribution in [0.15, 0.2) is 23.1 Å². The third-order valence-corrected chi connectivity index (χ3v) is 4.42. The second kappa shape index (κ2) is 5.86. The third kappa shape index (κ3) is 3.33. The number of carboxylic acids is 1. The van der Waals surface area contributed by atoms with E-state index in [1.807, 2.05) is 0 Å². The Balaban J connectivity index is 2.19. The van der Waals surface area contributed by atoms with Gasteiger partial charge in [0.1, 0.15) is 10.7 Å². The van der Waals surface area contributed by atoms with Gasteiger partial charge in [0.15, 0.2) is 0 Å². The fraction of sp³-hybridized carbons (Fsp3) is 0.417. The number of carboxylic acid groups (broad SMARTS) is 1. The number of sulfonamides is 1. The van der Waals surface area contributed by atoms with E-state index in [1.54, 1.807) is 0 Å². The van der Waals surface area contributed by atoms with Crippen LogP contribution in [0, 0.1) is 5.82 Å². The zero-order valence-corrected chi connectivity index (χ0v) is 11.3. The Morgan fingerprint density at radius 2 is 2.25 bits per heavy atom. The molecule has 0 unspecified atom stereocenters. The van der Waals surface area contributed by atoms with Gasteiger partial charge in [-0.3, -0.25) is 0 Å². The summed E-state index contributed by atoms with van der Waals surface area (Å²) >= 11 is 0. The Morgan fingerprint density at radius 3 is 2.85 bits per heavy atom. The van der Waals surface area contributed by atoms with Gasteiger partial charge in [0.05, 0.1) is 12.1 Å². The van der Waals surface area contributed by atoms with Gasteiger partial charge in [-0.25, -0.2) is 17.5 Å². The van der Waals surface area contributed by atoms with Crippen molar-refractivity contribution in [1.82, 2.24) is 4.72 Å². The van der Waals surface area contributed by atoms with E-state index < -0.39 is 32.3 Å². The highest BCUT2D eigenvalue weighted by atomic mass is 32.2. The zero-order chi connectivity index (χ0) is 14.8. The van der Waals surface area contributed by atoms with Crippen molar-refractivity contribution < 1.29 is 27.4 Å². The standard InChI is InChI=1S/C12H14FNO5S/c13-10-4-3-8(12(15)16)6-11(10)20(17,18)14-7-9-2-1-5-19-9/h3-4,6,9,14H,1-2,5,7H2,(H,15,16)/p-1/t9-/m0/s1. The van der Waals surface area contributed by atoms with Gasteiger partial charge in [-0.1, -0.05) is 6.07 Å². The number of rotatable bonds is 5. The molecule has 1 atom stereocenters. The first-order valence-electron chi connectivity index (χ1n) is 6.02. The summed E-state index contributed by atoms with van der Waals surface area (Å²) in [4.78, 5) is 9.98. The number of carbonyl (C=O) groups excluding carboxylic acids is 1. The fourth-order valence-electron chi connectivity index (χ4n) is 1.92. The maximum atomic E-state index is 13.6. The van der Waals surface area contributed by atoms with Crippen molar-refractivity contribution in [1.29, 1.82) is 0 Å². The molecule has 0 radical (unpaired) electrons. The van der Waals surface area contributed by atoms with Crippen molar-refractivity contribution in [2.45, 2.75) is 23.8 Å². The molecule has 1 N–H and O–H groups in total. The van der Waals surface area contributed by atoms with Gasteiger partial charge in [-0.15, -0.1) is 0 Å². The van der Waals surface area contributed by atoms with E-state index in [0.29, 0.717) is 6.61 Å². The smallest absolute Gasteiger partial charge is 0.243 e. The van der Waals surface area contributed by atoms with Crippen LogP contribution in [0.25, 0.3) is 0 Å². The summed E-state index contributed by atoms with van der Waals surface area (Å²) in [6, 6.07) is 2.47. The molecule has 8 heteroatoms. The highest BCUT2D eigenvalue weighted by Gasteiger charge is 2.23. The van der Waals surface area contributed by atoms with E-state index in [-0.39, 0.29) is 12.6 Å². The van der Waals surface area contributed by atoms with Crippen LogP contribution in [0.1, 0.15) is 23.2 Å². The van der Waals surface area contributed by atoms with E-state index in [0.717, 1.165) is 31.0 Å². The Morgan fingerprint density at radius 1 is 1.50 bits per heavy atom. The molecule has 0 aromatic heterocycles. The molecule has 0 amide bonds. The van der Waals surface area contributed by atoms with Crippen LogP contribution in [0.3, 0.4) is 0 Å². The van der Waals surface area contributed by atoms with Crippen LogP contribution in [0.5, 0.6) is 0 Å². The highest BCUT2D eigenvalue weighted by molar-refractivity contribution is 7.89. The van der Waals surface area contributed by atoms with Crippen LogP contribution < -0.4 is 9.83 Å². The summed E-state index contributed by atoms with van der Waals surface area (Å²) in [7, 11) is -4.13. The van der Waals surface area contributed by atoms with E-state index in [4.69, 9.17) is 4.74 Å². The zero-order valence-electron chi connectivity index (χ0n) is 10.5. The molecule has 1 saturated heterocycles. The molecule has 1 aliphatic heterocycles. The largest absolute Gasteiger partial charge is 0.545 e. The molecule has 0 saturated carbocycles. The van der Waals surface area contributed by atoms with E-state index in [2.05, 4.69) is 4.72 Å². The van der Waals surface area contributed by atoms with Gasteiger partial charge in [0.25, 0.3) is 0 Å². The Labute approximate surface area is 115 Å². The van der Waals surface area contributed by atoms with Gasteiger partial charge in [-0.05, 0) is 30.5 Å². The quantitative estimate of drug-likeness (QED) is 0.802. The number of hydrogen-bond acceptors (Lipinski definition) is 5. The summed E-state index contributed by atoms with van der Waals surface area (Å²) in [6.07, 6.45) is 1.34. The summed E-state index contributed by atoms with van der Waals surface area (Å²) in [5.74, 6) is -2.59. The molecular formula is C12H13FNO5S-. The first-order valence-corrected chi connectivity index (χ1v) is 7.50. The van der Waals surface area contributed by atoms with Crippen molar-refractivity contribution in [2.24, 2.45) is 0 Å². The van der Waals surface area contributed by atoms with E-state index >= 15 is 0 Å². The van der Waals surface area contributed by atoms with Crippen molar-refractivity contribution in [3.63, 3.8) is 0 Å². The second-order valence-corrected chi connectivity index (χ2v) is 6.15. The number of aromatic carboxylic acids is 1. The lowest BCUT2D eigenvalue weighted by molar-refractivity contribution is -0.255. The van der Waals surface area contributed by atoms with Gasteiger partial charge in [0.2, 0.25) is 10.0 Å². The molecule has 1 fully saturated rings. The molecule has 0 bridgehead atoms. The monoisotopic (exact) mass is 302 g/mol. The van der Waals surface area contributed by atoms with Crippen LogP contribution in [-0.4, -0.2) is 33.6 Å². The number of nitrogens with one attached hydrogen (secondary N) is 1. The minimum atomic E-state index is -4.13.